The fourth-order valence-corrected chi connectivity index (χ4v) is 1.89. The Bertz CT molecular complexity index is 379. The average molecular weight is 232 g/mol. The fourth-order valence-electron chi connectivity index (χ4n) is 1.89. The smallest absolute Gasteiger partial charge is 0.387 e. The molecule has 0 spiro atoms. The van der Waals surface area contributed by atoms with Gasteiger partial charge in [0.2, 0.25) is 6.20 Å². The van der Waals surface area contributed by atoms with Crippen LogP contribution >= 0.6 is 12.4 Å². The molecule has 0 saturated heterocycles. The second-order valence-electron chi connectivity index (χ2n) is 3.68. The van der Waals surface area contributed by atoms with Crippen molar-refractivity contribution < 1.29 is 14.0 Å². The predicted octanol–water partition coefficient (Wildman–Crippen LogP) is 0.646. The van der Waals surface area contributed by atoms with Crippen LogP contribution in [0.5, 0.6) is 0 Å². The molecule has 1 aliphatic carbocycles. The number of halogens is 1. The summed E-state index contributed by atoms with van der Waals surface area (Å²) in [6, 6.07) is 0. The number of carbonyl (C=O) groups is 1. The standard InChI is InChI=1S/C9H13N3O2.ClH/c10-8-6-12(11-14-8)9(13)7-4-2-1-3-5-7;/h6-7,10H,1-5H2;1H. The lowest BCUT2D eigenvalue weighted by Crippen LogP contribution is -2.49. The zero-order valence-corrected chi connectivity index (χ0v) is 9.13. The minimum Gasteiger partial charge on any atom is -0.486 e. The van der Waals surface area contributed by atoms with E-state index in [4.69, 9.17) is 5.41 Å². The molecular formula is C9H14ClN3O2. The highest BCUT2D eigenvalue weighted by Crippen LogP contribution is 2.23. The fraction of sp³-hybridized carbons (Fsp3) is 0.667. The van der Waals surface area contributed by atoms with Gasteiger partial charge in [-0.1, -0.05) is 19.3 Å². The summed E-state index contributed by atoms with van der Waals surface area (Å²) >= 11 is 0. The minimum atomic E-state index is -0.0749. The van der Waals surface area contributed by atoms with Crippen molar-refractivity contribution in [3.63, 3.8) is 0 Å². The number of hydrogen-bond acceptors (Lipinski definition) is 3. The largest absolute Gasteiger partial charge is 0.486 e. The second-order valence-corrected chi connectivity index (χ2v) is 3.68. The Morgan fingerprint density at radius 2 is 2.13 bits per heavy atom. The van der Waals surface area contributed by atoms with Gasteiger partial charge < -0.3 is 4.52 Å². The van der Waals surface area contributed by atoms with Crippen LogP contribution in [0.4, 0.5) is 0 Å². The highest BCUT2D eigenvalue weighted by molar-refractivity contribution is 5.85. The van der Waals surface area contributed by atoms with E-state index in [9.17, 15) is 4.79 Å². The van der Waals surface area contributed by atoms with Gasteiger partial charge >= 0.3 is 5.91 Å². The van der Waals surface area contributed by atoms with E-state index < -0.39 is 0 Å². The van der Waals surface area contributed by atoms with E-state index in [2.05, 4.69) is 9.79 Å². The number of aromatic nitrogens is 2. The summed E-state index contributed by atoms with van der Waals surface area (Å²) in [7, 11) is 0. The molecule has 15 heavy (non-hydrogen) atoms. The molecule has 0 atom stereocenters. The van der Waals surface area contributed by atoms with Crippen LogP contribution in [-0.2, 0) is 0 Å². The molecule has 1 aromatic heterocycles. The highest BCUT2D eigenvalue weighted by atomic mass is 35.5. The Hall–Kier alpha value is -1.10. The number of hydrogen-bond donors (Lipinski definition) is 1. The molecule has 0 radical (unpaired) electrons. The maximum Gasteiger partial charge on any atom is 0.387 e. The molecule has 0 aliphatic heterocycles. The maximum absolute atomic E-state index is 11.8. The Morgan fingerprint density at radius 1 is 1.47 bits per heavy atom. The molecule has 5 nitrogen and oxygen atoms in total. The van der Waals surface area contributed by atoms with Gasteiger partial charge in [-0.2, -0.15) is 4.68 Å². The van der Waals surface area contributed by atoms with Gasteiger partial charge in [0.05, 0.1) is 5.92 Å². The van der Waals surface area contributed by atoms with E-state index in [0.717, 1.165) is 30.4 Å². The van der Waals surface area contributed by atoms with Crippen LogP contribution < -0.4 is 15.5 Å². The highest BCUT2D eigenvalue weighted by Gasteiger charge is 2.27. The first-order valence-electron chi connectivity index (χ1n) is 4.92. The Labute approximate surface area is 93.3 Å². The van der Waals surface area contributed by atoms with Crippen molar-refractivity contribution in [3.8, 4) is 0 Å². The third-order valence-corrected chi connectivity index (χ3v) is 2.65. The van der Waals surface area contributed by atoms with Crippen LogP contribution in [0.15, 0.2) is 10.7 Å². The van der Waals surface area contributed by atoms with Gasteiger partial charge in [-0.25, -0.2) is 10.1 Å². The van der Waals surface area contributed by atoms with Gasteiger partial charge in [-0.15, -0.1) is 12.4 Å². The Morgan fingerprint density at radius 3 is 2.67 bits per heavy atom. The number of nitrogens with zero attached hydrogens (tertiary/aromatic N) is 2. The second kappa shape index (κ2) is 5.11. The molecule has 6 heteroatoms. The molecule has 2 rings (SSSR count). The quantitative estimate of drug-likeness (QED) is 0.722. The topological polar surface area (TPSA) is 72.0 Å². The van der Waals surface area contributed by atoms with E-state index >= 15 is 0 Å². The van der Waals surface area contributed by atoms with Crippen molar-refractivity contribution in [3.05, 3.63) is 11.8 Å². The van der Waals surface area contributed by atoms with Crippen LogP contribution in [0.1, 0.15) is 36.9 Å². The monoisotopic (exact) mass is 231 g/mol. The van der Waals surface area contributed by atoms with Crippen molar-refractivity contribution in [1.82, 2.24) is 5.27 Å². The van der Waals surface area contributed by atoms with Crippen LogP contribution in [-0.4, -0.2) is 5.91 Å². The van der Waals surface area contributed by atoms with Crippen molar-refractivity contribution in [2.24, 2.45) is 5.92 Å². The third-order valence-electron chi connectivity index (χ3n) is 2.65. The molecule has 1 saturated carbocycles. The molecule has 1 N–H and O–H groups in total. The van der Waals surface area contributed by atoms with Gasteiger partial charge in [-0.05, 0) is 12.8 Å². The molecular weight excluding hydrogens is 218 g/mol. The normalized spacial score (nSPS) is 17.1. The van der Waals surface area contributed by atoms with Crippen LogP contribution in [0.25, 0.3) is 0 Å². The minimum absolute atomic E-state index is 0. The molecule has 0 unspecified atom stereocenters. The summed E-state index contributed by atoms with van der Waals surface area (Å²) in [4.78, 5) is 11.8. The Balaban J connectivity index is 0.00000112. The van der Waals surface area contributed by atoms with Crippen molar-refractivity contribution in [1.29, 1.82) is 5.41 Å². The number of nitrogens with one attached hydrogen (secondary N) is 1. The molecule has 0 amide bonds. The van der Waals surface area contributed by atoms with Crippen molar-refractivity contribution in [2.75, 3.05) is 0 Å². The van der Waals surface area contributed by atoms with E-state index in [1.54, 1.807) is 0 Å². The summed E-state index contributed by atoms with van der Waals surface area (Å²) < 4.78 is 5.69. The van der Waals surface area contributed by atoms with E-state index in [1.165, 1.54) is 12.6 Å². The summed E-state index contributed by atoms with van der Waals surface area (Å²) in [6.45, 7) is 0. The van der Waals surface area contributed by atoms with E-state index in [-0.39, 0.29) is 29.8 Å². The lowest BCUT2D eigenvalue weighted by Gasteiger charge is -2.16. The summed E-state index contributed by atoms with van der Waals surface area (Å²) in [5.74, 6) is 0.0326. The van der Waals surface area contributed by atoms with Crippen molar-refractivity contribution >= 4 is 18.3 Å². The van der Waals surface area contributed by atoms with Gasteiger partial charge in [-0.3, -0.25) is 5.41 Å². The first kappa shape index (κ1) is 12.0. The maximum atomic E-state index is 11.8. The van der Waals surface area contributed by atoms with Crippen LogP contribution in [0, 0.1) is 11.3 Å². The molecule has 1 fully saturated rings. The zero-order chi connectivity index (χ0) is 9.97. The summed E-state index contributed by atoms with van der Waals surface area (Å²) in [6.07, 6.45) is 6.64. The SMILES string of the molecule is Cl.N=c1c[n+](C(=O)C2CCCCC2)[n-]o1. The average Bonchev–Trinajstić information content (AvgIpc) is 2.65. The molecule has 1 aromatic rings. The molecule has 0 bridgehead atoms. The lowest BCUT2D eigenvalue weighted by molar-refractivity contribution is -0.657. The first-order chi connectivity index (χ1) is 6.77. The van der Waals surface area contributed by atoms with Gasteiger partial charge in [0.15, 0.2) is 0 Å². The van der Waals surface area contributed by atoms with Crippen LogP contribution in [0.3, 0.4) is 0 Å². The molecule has 0 aromatic carbocycles. The molecule has 1 aliphatic rings. The van der Waals surface area contributed by atoms with Gasteiger partial charge in [0, 0.05) is 0 Å². The first-order valence-corrected chi connectivity index (χ1v) is 4.92. The van der Waals surface area contributed by atoms with Crippen molar-refractivity contribution in [2.45, 2.75) is 32.1 Å². The van der Waals surface area contributed by atoms with Gasteiger partial charge in [0.1, 0.15) is 0 Å². The van der Waals surface area contributed by atoms with Gasteiger partial charge in [0.25, 0.3) is 5.55 Å². The Kier molecular flexibility index (Phi) is 4.08. The summed E-state index contributed by atoms with van der Waals surface area (Å²) in [5, 5.41) is 10.6. The number of rotatable bonds is 1. The summed E-state index contributed by atoms with van der Waals surface area (Å²) in [5.41, 5.74) is -0.0749. The third kappa shape index (κ3) is 2.68. The lowest BCUT2D eigenvalue weighted by atomic mass is 9.89. The van der Waals surface area contributed by atoms with E-state index in [0.29, 0.717) is 0 Å². The predicted molar refractivity (Wildman–Crippen MR) is 52.5 cm³/mol. The van der Waals surface area contributed by atoms with Crippen LogP contribution in [0.2, 0.25) is 0 Å². The molecule has 1 heterocycles. The zero-order valence-electron chi connectivity index (χ0n) is 8.31. The van der Waals surface area contributed by atoms with E-state index in [1.807, 2.05) is 0 Å². The molecule has 84 valence electrons. The number of carbonyl (C=O) groups excluding carboxylic acids is 1.